The highest BCUT2D eigenvalue weighted by Gasteiger charge is 2.30. The van der Waals surface area contributed by atoms with Gasteiger partial charge in [0.25, 0.3) is 0 Å². The van der Waals surface area contributed by atoms with Crippen molar-refractivity contribution in [2.45, 2.75) is 45.9 Å². The van der Waals surface area contributed by atoms with Gasteiger partial charge in [-0.1, -0.05) is 18.2 Å². The molecule has 0 saturated heterocycles. The van der Waals surface area contributed by atoms with Gasteiger partial charge in [0, 0.05) is 0 Å². The fourth-order valence-electron chi connectivity index (χ4n) is 2.02. The molecule has 0 aliphatic rings. The van der Waals surface area contributed by atoms with Crippen LogP contribution in [0.15, 0.2) is 24.3 Å². The van der Waals surface area contributed by atoms with Crippen molar-refractivity contribution in [2.75, 3.05) is 0 Å². The second kappa shape index (κ2) is 7.42. The summed E-state index contributed by atoms with van der Waals surface area (Å²) in [5.74, 6) is -1.93. The number of ketones is 1. The standard InChI is InChI=1S/C16H19F3O3/c1-10(2)22-15(21)14(11(3)20)8-7-12-5-4-6-13(9-12)16(17,18)19/h4-6,9-10,14H,7-8H2,1-3H3. The van der Waals surface area contributed by atoms with Gasteiger partial charge in [-0.2, -0.15) is 13.2 Å². The van der Waals surface area contributed by atoms with E-state index in [1.807, 2.05) is 0 Å². The van der Waals surface area contributed by atoms with Crippen LogP contribution in [-0.4, -0.2) is 17.9 Å². The average Bonchev–Trinajstić information content (AvgIpc) is 2.37. The predicted octanol–water partition coefficient (Wildman–Crippen LogP) is 3.79. The van der Waals surface area contributed by atoms with Gasteiger partial charge in [0.1, 0.15) is 11.7 Å². The maximum Gasteiger partial charge on any atom is 0.416 e. The summed E-state index contributed by atoms with van der Waals surface area (Å²) >= 11 is 0. The minimum absolute atomic E-state index is 0.127. The lowest BCUT2D eigenvalue weighted by Crippen LogP contribution is -2.27. The number of benzene rings is 1. The van der Waals surface area contributed by atoms with Crippen LogP contribution in [0.1, 0.15) is 38.3 Å². The van der Waals surface area contributed by atoms with Crippen molar-refractivity contribution in [1.82, 2.24) is 0 Å². The van der Waals surface area contributed by atoms with E-state index >= 15 is 0 Å². The summed E-state index contributed by atoms with van der Waals surface area (Å²) in [6, 6.07) is 4.87. The molecule has 0 fully saturated rings. The van der Waals surface area contributed by atoms with Gasteiger partial charge in [0.05, 0.1) is 11.7 Å². The van der Waals surface area contributed by atoms with Gasteiger partial charge in [-0.15, -0.1) is 0 Å². The molecule has 6 heteroatoms. The Labute approximate surface area is 127 Å². The minimum atomic E-state index is -4.41. The van der Waals surface area contributed by atoms with Gasteiger partial charge in [0.15, 0.2) is 0 Å². The summed E-state index contributed by atoms with van der Waals surface area (Å²) in [6.07, 6.45) is -4.43. The number of alkyl halides is 3. The molecule has 0 bridgehead atoms. The zero-order valence-electron chi connectivity index (χ0n) is 12.7. The van der Waals surface area contributed by atoms with Gasteiger partial charge in [-0.05, 0) is 45.2 Å². The molecule has 0 radical (unpaired) electrons. The summed E-state index contributed by atoms with van der Waals surface area (Å²) < 4.78 is 42.9. The molecule has 1 rings (SSSR count). The highest BCUT2D eigenvalue weighted by molar-refractivity contribution is 5.97. The first kappa shape index (κ1) is 18.2. The third-order valence-electron chi connectivity index (χ3n) is 3.10. The quantitative estimate of drug-likeness (QED) is 0.592. The van der Waals surface area contributed by atoms with Crippen LogP contribution in [-0.2, 0) is 26.9 Å². The van der Waals surface area contributed by atoms with E-state index in [1.165, 1.54) is 13.0 Å². The maximum atomic E-state index is 12.6. The van der Waals surface area contributed by atoms with Crippen LogP contribution in [0.2, 0.25) is 0 Å². The Kier molecular flexibility index (Phi) is 6.14. The number of Topliss-reactive ketones (excluding diaryl/α,β-unsaturated/α-hetero) is 1. The first-order chi connectivity index (χ1) is 10.1. The minimum Gasteiger partial charge on any atom is -0.462 e. The number of aryl methyl sites for hydroxylation is 1. The van der Waals surface area contributed by atoms with Crippen LogP contribution in [0.4, 0.5) is 13.2 Å². The smallest absolute Gasteiger partial charge is 0.416 e. The summed E-state index contributed by atoms with van der Waals surface area (Å²) in [6.45, 7) is 4.61. The lowest BCUT2D eigenvalue weighted by Gasteiger charge is -2.15. The predicted molar refractivity (Wildman–Crippen MR) is 75.2 cm³/mol. The number of rotatable bonds is 6. The molecule has 0 saturated carbocycles. The van der Waals surface area contributed by atoms with Gasteiger partial charge in [-0.25, -0.2) is 0 Å². The van der Waals surface area contributed by atoms with E-state index in [4.69, 9.17) is 4.74 Å². The number of esters is 1. The van der Waals surface area contributed by atoms with Crippen LogP contribution < -0.4 is 0 Å². The zero-order valence-corrected chi connectivity index (χ0v) is 12.7. The Morgan fingerprint density at radius 3 is 2.36 bits per heavy atom. The summed E-state index contributed by atoms with van der Waals surface area (Å²) in [5.41, 5.74) is -0.312. The molecule has 22 heavy (non-hydrogen) atoms. The maximum absolute atomic E-state index is 12.6. The monoisotopic (exact) mass is 316 g/mol. The van der Waals surface area contributed by atoms with Crippen molar-refractivity contribution >= 4 is 11.8 Å². The van der Waals surface area contributed by atoms with E-state index in [0.717, 1.165) is 12.1 Å². The first-order valence-corrected chi connectivity index (χ1v) is 6.98. The van der Waals surface area contributed by atoms with Crippen LogP contribution >= 0.6 is 0 Å². The highest BCUT2D eigenvalue weighted by Crippen LogP contribution is 2.30. The van der Waals surface area contributed by atoms with E-state index < -0.39 is 23.6 Å². The summed E-state index contributed by atoms with van der Waals surface area (Å²) in [7, 11) is 0. The van der Waals surface area contributed by atoms with E-state index in [1.54, 1.807) is 19.9 Å². The Morgan fingerprint density at radius 1 is 1.23 bits per heavy atom. The molecular weight excluding hydrogens is 297 g/mol. The number of halogens is 3. The number of ether oxygens (including phenoxy) is 1. The molecule has 0 heterocycles. The van der Waals surface area contributed by atoms with Crippen molar-refractivity contribution in [3.63, 3.8) is 0 Å². The largest absolute Gasteiger partial charge is 0.462 e. The second-order valence-corrected chi connectivity index (χ2v) is 5.39. The Morgan fingerprint density at radius 2 is 1.86 bits per heavy atom. The third-order valence-corrected chi connectivity index (χ3v) is 3.10. The van der Waals surface area contributed by atoms with E-state index in [2.05, 4.69) is 0 Å². The first-order valence-electron chi connectivity index (χ1n) is 6.98. The highest BCUT2D eigenvalue weighted by atomic mass is 19.4. The van der Waals surface area contributed by atoms with Crippen molar-refractivity contribution in [3.8, 4) is 0 Å². The fraction of sp³-hybridized carbons (Fsp3) is 0.500. The number of carbonyl (C=O) groups is 2. The normalized spacial score (nSPS) is 13.0. The van der Waals surface area contributed by atoms with Crippen LogP contribution in [0, 0.1) is 5.92 Å². The van der Waals surface area contributed by atoms with E-state index in [0.29, 0.717) is 5.56 Å². The molecule has 0 aliphatic carbocycles. The van der Waals surface area contributed by atoms with Gasteiger partial charge in [-0.3, -0.25) is 9.59 Å². The van der Waals surface area contributed by atoms with Crippen molar-refractivity contribution in [1.29, 1.82) is 0 Å². The van der Waals surface area contributed by atoms with E-state index in [9.17, 15) is 22.8 Å². The van der Waals surface area contributed by atoms with Crippen molar-refractivity contribution < 1.29 is 27.5 Å². The van der Waals surface area contributed by atoms with Crippen LogP contribution in [0.5, 0.6) is 0 Å². The van der Waals surface area contributed by atoms with Gasteiger partial charge in [0.2, 0.25) is 0 Å². The lowest BCUT2D eigenvalue weighted by molar-refractivity contribution is -0.155. The molecule has 0 spiro atoms. The summed E-state index contributed by atoms with van der Waals surface area (Å²) in [4.78, 5) is 23.4. The molecule has 3 nitrogen and oxygen atoms in total. The van der Waals surface area contributed by atoms with Gasteiger partial charge >= 0.3 is 12.1 Å². The third kappa shape index (κ3) is 5.50. The van der Waals surface area contributed by atoms with Gasteiger partial charge < -0.3 is 4.74 Å². The summed E-state index contributed by atoms with van der Waals surface area (Å²) in [5, 5.41) is 0. The SMILES string of the molecule is CC(=O)C(CCc1cccc(C(F)(F)F)c1)C(=O)OC(C)C. The topological polar surface area (TPSA) is 43.4 Å². The molecular formula is C16H19F3O3. The molecule has 122 valence electrons. The molecule has 1 aromatic carbocycles. The zero-order chi connectivity index (χ0) is 16.9. The molecule has 0 amide bonds. The lowest BCUT2D eigenvalue weighted by atomic mass is 9.95. The van der Waals surface area contributed by atoms with Crippen molar-refractivity contribution in [3.05, 3.63) is 35.4 Å². The molecule has 1 unspecified atom stereocenters. The molecule has 0 aliphatic heterocycles. The Bertz CT molecular complexity index is 536. The number of carbonyl (C=O) groups excluding carboxylic acids is 2. The Balaban J connectivity index is 2.78. The van der Waals surface area contributed by atoms with Crippen LogP contribution in [0.25, 0.3) is 0 Å². The molecule has 0 aromatic heterocycles. The molecule has 1 aromatic rings. The molecule has 0 N–H and O–H groups in total. The number of hydrogen-bond acceptors (Lipinski definition) is 3. The second-order valence-electron chi connectivity index (χ2n) is 5.39. The Hall–Kier alpha value is -1.85. The van der Waals surface area contributed by atoms with Crippen molar-refractivity contribution in [2.24, 2.45) is 5.92 Å². The van der Waals surface area contributed by atoms with Crippen LogP contribution in [0.3, 0.4) is 0 Å². The fourth-order valence-corrected chi connectivity index (χ4v) is 2.02. The van der Waals surface area contributed by atoms with E-state index in [-0.39, 0.29) is 24.7 Å². The molecule has 1 atom stereocenters. The average molecular weight is 316 g/mol. The number of hydrogen-bond donors (Lipinski definition) is 0.